The molecule has 2 N–H and O–H groups in total. The van der Waals surface area contributed by atoms with Crippen LogP contribution in [0.15, 0.2) is 53.4 Å². The number of rotatable bonds is 5. The van der Waals surface area contributed by atoms with Gasteiger partial charge in [0.05, 0.1) is 17.7 Å². The van der Waals surface area contributed by atoms with Crippen LogP contribution in [0, 0.1) is 11.3 Å². The van der Waals surface area contributed by atoms with Gasteiger partial charge in [-0.1, -0.05) is 18.2 Å². The van der Waals surface area contributed by atoms with Gasteiger partial charge in [0.2, 0.25) is 0 Å². The highest BCUT2D eigenvalue weighted by atomic mass is 32.2. The SMILES string of the molecule is CSc1ccc([C@@H](O)CNC(=O)c2cccc(C#N)c2)cc1. The molecule has 1 atom stereocenters. The van der Waals surface area contributed by atoms with Crippen molar-refractivity contribution >= 4 is 17.7 Å². The van der Waals surface area contributed by atoms with Crippen LogP contribution in [0.25, 0.3) is 0 Å². The molecule has 0 aliphatic rings. The maximum absolute atomic E-state index is 12.0. The minimum atomic E-state index is -0.765. The van der Waals surface area contributed by atoms with Gasteiger partial charge in [0, 0.05) is 17.0 Å². The normalized spacial score (nSPS) is 11.5. The van der Waals surface area contributed by atoms with Crippen LogP contribution in [0.5, 0.6) is 0 Å². The van der Waals surface area contributed by atoms with Crippen LogP contribution >= 0.6 is 11.8 Å². The number of hydrogen-bond acceptors (Lipinski definition) is 4. The van der Waals surface area contributed by atoms with E-state index in [2.05, 4.69) is 5.32 Å². The Morgan fingerprint density at radius 1 is 1.32 bits per heavy atom. The highest BCUT2D eigenvalue weighted by Gasteiger charge is 2.11. The van der Waals surface area contributed by atoms with Crippen molar-refractivity contribution in [2.24, 2.45) is 0 Å². The summed E-state index contributed by atoms with van der Waals surface area (Å²) in [6, 6.07) is 16.0. The van der Waals surface area contributed by atoms with Gasteiger partial charge in [-0.05, 0) is 42.2 Å². The molecule has 2 aromatic carbocycles. The predicted octanol–water partition coefficient (Wildman–Crippen LogP) is 2.74. The fourth-order valence-corrected chi connectivity index (χ4v) is 2.37. The average Bonchev–Trinajstić information content (AvgIpc) is 2.59. The molecule has 5 heteroatoms. The summed E-state index contributed by atoms with van der Waals surface area (Å²) < 4.78 is 0. The maximum atomic E-state index is 12.0. The van der Waals surface area contributed by atoms with E-state index in [1.54, 1.807) is 30.0 Å². The van der Waals surface area contributed by atoms with Crippen LogP contribution < -0.4 is 5.32 Å². The Balaban J connectivity index is 1.96. The second-order valence-corrected chi connectivity index (χ2v) is 5.57. The molecule has 0 aromatic heterocycles. The first kappa shape index (κ1) is 16.1. The Hall–Kier alpha value is -2.29. The van der Waals surface area contributed by atoms with Crippen molar-refractivity contribution in [1.82, 2.24) is 5.32 Å². The van der Waals surface area contributed by atoms with Crippen LogP contribution in [0.1, 0.15) is 27.6 Å². The fraction of sp³-hybridized carbons (Fsp3) is 0.176. The molecule has 2 aromatic rings. The van der Waals surface area contributed by atoms with Crippen molar-refractivity contribution in [3.8, 4) is 6.07 Å². The lowest BCUT2D eigenvalue weighted by molar-refractivity contribution is 0.0916. The van der Waals surface area contributed by atoms with Gasteiger partial charge in [0.15, 0.2) is 0 Å². The summed E-state index contributed by atoms with van der Waals surface area (Å²) in [7, 11) is 0. The molecule has 0 unspecified atom stereocenters. The van der Waals surface area contributed by atoms with Crippen LogP contribution in [0.2, 0.25) is 0 Å². The number of nitrogens with zero attached hydrogens (tertiary/aromatic N) is 1. The van der Waals surface area contributed by atoms with Crippen molar-refractivity contribution < 1.29 is 9.90 Å². The van der Waals surface area contributed by atoms with Crippen LogP contribution in [0.4, 0.5) is 0 Å². The predicted molar refractivity (Wildman–Crippen MR) is 86.7 cm³/mol. The summed E-state index contributed by atoms with van der Waals surface area (Å²) >= 11 is 1.63. The van der Waals surface area contributed by atoms with Crippen LogP contribution in [-0.4, -0.2) is 23.8 Å². The number of amides is 1. The lowest BCUT2D eigenvalue weighted by atomic mass is 10.1. The van der Waals surface area contributed by atoms with E-state index in [1.165, 1.54) is 6.07 Å². The summed E-state index contributed by atoms with van der Waals surface area (Å²) in [5.41, 5.74) is 1.59. The molecule has 0 bridgehead atoms. The summed E-state index contributed by atoms with van der Waals surface area (Å²) in [5.74, 6) is -0.308. The Bertz CT molecular complexity index is 693. The molecule has 22 heavy (non-hydrogen) atoms. The molecular formula is C17H16N2O2S. The molecule has 0 saturated carbocycles. The van der Waals surface area contributed by atoms with Crippen molar-refractivity contribution in [3.63, 3.8) is 0 Å². The largest absolute Gasteiger partial charge is 0.387 e. The first-order valence-corrected chi connectivity index (χ1v) is 7.97. The number of carbonyl (C=O) groups excluding carboxylic acids is 1. The molecule has 0 saturated heterocycles. The van der Waals surface area contributed by atoms with E-state index >= 15 is 0 Å². The highest BCUT2D eigenvalue weighted by Crippen LogP contribution is 2.18. The lowest BCUT2D eigenvalue weighted by Gasteiger charge is -2.13. The van der Waals surface area contributed by atoms with E-state index in [-0.39, 0.29) is 12.5 Å². The number of hydrogen-bond donors (Lipinski definition) is 2. The van der Waals surface area contributed by atoms with Gasteiger partial charge in [-0.25, -0.2) is 0 Å². The number of nitriles is 1. The van der Waals surface area contributed by atoms with Gasteiger partial charge < -0.3 is 10.4 Å². The summed E-state index contributed by atoms with van der Waals surface area (Å²) in [6.07, 6.45) is 1.22. The maximum Gasteiger partial charge on any atom is 0.251 e. The van der Waals surface area contributed by atoms with Gasteiger partial charge >= 0.3 is 0 Å². The molecule has 1 amide bonds. The van der Waals surface area contributed by atoms with Gasteiger partial charge in [0.25, 0.3) is 5.91 Å². The van der Waals surface area contributed by atoms with Gasteiger partial charge in [0.1, 0.15) is 0 Å². The second-order valence-electron chi connectivity index (χ2n) is 4.69. The monoisotopic (exact) mass is 312 g/mol. The number of carbonyl (C=O) groups is 1. The number of benzene rings is 2. The van der Waals surface area contributed by atoms with Gasteiger partial charge in [-0.3, -0.25) is 4.79 Å². The Labute approximate surface area is 133 Å². The number of aliphatic hydroxyl groups excluding tert-OH is 1. The first-order chi connectivity index (χ1) is 10.6. The van der Waals surface area contributed by atoms with E-state index < -0.39 is 6.10 Å². The average molecular weight is 312 g/mol. The number of aliphatic hydroxyl groups is 1. The zero-order valence-corrected chi connectivity index (χ0v) is 12.9. The van der Waals surface area contributed by atoms with Crippen LogP contribution in [0.3, 0.4) is 0 Å². The molecule has 0 radical (unpaired) electrons. The van der Waals surface area contributed by atoms with Gasteiger partial charge in [-0.2, -0.15) is 5.26 Å². The zero-order chi connectivity index (χ0) is 15.9. The molecule has 0 spiro atoms. The third kappa shape index (κ3) is 4.10. The van der Waals surface area contributed by atoms with Gasteiger partial charge in [-0.15, -0.1) is 11.8 Å². The minimum absolute atomic E-state index is 0.119. The zero-order valence-electron chi connectivity index (χ0n) is 12.1. The Kier molecular flexibility index (Phi) is 5.59. The van der Waals surface area contributed by atoms with Crippen molar-refractivity contribution in [2.45, 2.75) is 11.0 Å². The Morgan fingerprint density at radius 3 is 2.68 bits per heavy atom. The summed E-state index contributed by atoms with van der Waals surface area (Å²) in [4.78, 5) is 13.1. The number of thioether (sulfide) groups is 1. The standard InChI is InChI=1S/C17H16N2O2S/c1-22-15-7-5-13(6-8-15)16(20)11-19-17(21)14-4-2-3-12(9-14)10-18/h2-9,16,20H,11H2,1H3,(H,19,21)/t16-/m0/s1. The van der Waals surface area contributed by atoms with E-state index in [0.717, 1.165) is 10.5 Å². The summed E-state index contributed by atoms with van der Waals surface area (Å²) in [6.45, 7) is 0.119. The molecular weight excluding hydrogens is 296 g/mol. The molecule has 0 fully saturated rings. The smallest absolute Gasteiger partial charge is 0.251 e. The van der Waals surface area contributed by atoms with E-state index in [0.29, 0.717) is 11.1 Å². The molecule has 2 rings (SSSR count). The summed E-state index contributed by atoms with van der Waals surface area (Å²) in [5, 5.41) is 21.6. The van der Waals surface area contributed by atoms with Crippen molar-refractivity contribution in [1.29, 1.82) is 5.26 Å². The second kappa shape index (κ2) is 7.64. The van der Waals surface area contributed by atoms with Crippen molar-refractivity contribution in [3.05, 3.63) is 65.2 Å². The Morgan fingerprint density at radius 2 is 2.05 bits per heavy atom. The lowest BCUT2D eigenvalue weighted by Crippen LogP contribution is -2.28. The third-order valence-corrected chi connectivity index (χ3v) is 3.95. The molecule has 0 aliphatic carbocycles. The van der Waals surface area contributed by atoms with Crippen molar-refractivity contribution in [2.75, 3.05) is 12.8 Å². The molecule has 0 aliphatic heterocycles. The first-order valence-electron chi connectivity index (χ1n) is 6.74. The number of nitrogens with one attached hydrogen (secondary N) is 1. The highest BCUT2D eigenvalue weighted by molar-refractivity contribution is 7.98. The van der Waals surface area contributed by atoms with E-state index in [9.17, 15) is 9.90 Å². The van der Waals surface area contributed by atoms with E-state index in [1.807, 2.05) is 36.6 Å². The molecule has 0 heterocycles. The fourth-order valence-electron chi connectivity index (χ4n) is 1.97. The third-order valence-electron chi connectivity index (χ3n) is 3.21. The minimum Gasteiger partial charge on any atom is -0.387 e. The quantitative estimate of drug-likeness (QED) is 0.833. The molecule has 4 nitrogen and oxygen atoms in total. The van der Waals surface area contributed by atoms with Crippen LogP contribution in [-0.2, 0) is 0 Å². The topological polar surface area (TPSA) is 73.1 Å². The van der Waals surface area contributed by atoms with E-state index in [4.69, 9.17) is 5.26 Å². The molecule has 112 valence electrons.